The summed E-state index contributed by atoms with van der Waals surface area (Å²) in [6.45, 7) is 18.4. The van der Waals surface area contributed by atoms with Crippen LogP contribution in [0.2, 0.25) is 0 Å². The molecule has 0 spiro atoms. The van der Waals surface area contributed by atoms with Crippen molar-refractivity contribution in [1.29, 1.82) is 0 Å². The van der Waals surface area contributed by atoms with Gasteiger partial charge >= 0.3 is 18.5 Å². The van der Waals surface area contributed by atoms with Gasteiger partial charge in [-0.15, -0.1) is 0 Å². The highest BCUT2D eigenvalue weighted by Gasteiger charge is 2.34. The summed E-state index contributed by atoms with van der Waals surface area (Å²) in [4.78, 5) is 29.8. The van der Waals surface area contributed by atoms with Gasteiger partial charge in [-0.2, -0.15) is 39.5 Å². The van der Waals surface area contributed by atoms with Crippen molar-refractivity contribution in [1.82, 2.24) is 29.9 Å². The quantitative estimate of drug-likeness (QED) is 0.154. The number of halogens is 9. The number of benzene rings is 7. The molecule has 0 unspecified atom stereocenters. The van der Waals surface area contributed by atoms with Crippen LogP contribution in [0.5, 0.6) is 0 Å². The zero-order chi connectivity index (χ0) is 56.1. The lowest BCUT2D eigenvalue weighted by atomic mass is 9.86. The lowest BCUT2D eigenvalue weighted by molar-refractivity contribution is -0.138. The van der Waals surface area contributed by atoms with Crippen LogP contribution in [0.15, 0.2) is 146 Å². The van der Waals surface area contributed by atoms with E-state index in [1.54, 1.807) is 18.2 Å². The van der Waals surface area contributed by atoms with Crippen molar-refractivity contribution < 1.29 is 39.5 Å². The first kappa shape index (κ1) is 53.3. The Bertz CT molecular complexity index is 3530. The van der Waals surface area contributed by atoms with Gasteiger partial charge in [-0.3, -0.25) is 0 Å². The summed E-state index contributed by atoms with van der Waals surface area (Å²) in [6, 6.07) is 36.8. The summed E-state index contributed by atoms with van der Waals surface area (Å²) < 4.78 is 130. The molecule has 0 fully saturated rings. The van der Waals surface area contributed by atoms with Gasteiger partial charge in [0.1, 0.15) is 0 Å². The first-order valence-electron chi connectivity index (χ1n) is 25.0. The van der Waals surface area contributed by atoms with Gasteiger partial charge in [0.15, 0.2) is 0 Å². The molecule has 6 nitrogen and oxygen atoms in total. The van der Waals surface area contributed by atoms with Gasteiger partial charge in [-0.05, 0) is 106 Å². The van der Waals surface area contributed by atoms with Crippen LogP contribution < -0.4 is 0 Å². The molecule has 0 aliphatic carbocycles. The summed E-state index contributed by atoms with van der Waals surface area (Å²) >= 11 is 0. The Kier molecular flexibility index (Phi) is 12.9. The molecule has 10 rings (SSSR count). The molecule has 0 atom stereocenters. The summed E-state index contributed by atoms with van der Waals surface area (Å²) in [7, 11) is 0. The molecular weight excluding hydrogens is 1010 g/mol. The smallest absolute Gasteiger partial charge is 0.244 e. The minimum absolute atomic E-state index is 0.0989. The number of rotatable bonds is 6. The van der Waals surface area contributed by atoms with E-state index in [1.807, 2.05) is 135 Å². The average molecular weight is 1060 g/mol. The van der Waals surface area contributed by atoms with Crippen LogP contribution in [0, 0.1) is 0 Å². The summed E-state index contributed by atoms with van der Waals surface area (Å²) in [5.74, 6) is 0. The highest BCUT2D eigenvalue weighted by Crippen LogP contribution is 2.44. The number of alkyl halides is 9. The van der Waals surface area contributed by atoms with E-state index in [2.05, 4.69) is 0 Å². The van der Waals surface area contributed by atoms with E-state index in [1.165, 1.54) is 18.2 Å². The van der Waals surface area contributed by atoms with E-state index >= 15 is 0 Å². The van der Waals surface area contributed by atoms with Crippen molar-refractivity contribution in [2.45, 2.75) is 97.1 Å². The Hall–Kier alpha value is -8.07. The maximum Gasteiger partial charge on any atom is 0.416 e. The molecule has 3 aromatic heterocycles. The zero-order valence-electron chi connectivity index (χ0n) is 43.9. The fourth-order valence-corrected chi connectivity index (χ4v) is 9.32. The molecule has 0 saturated heterocycles. The number of aromatic nitrogens is 6. The van der Waals surface area contributed by atoms with E-state index in [-0.39, 0.29) is 100 Å². The molecule has 0 bridgehead atoms. The van der Waals surface area contributed by atoms with Crippen molar-refractivity contribution >= 4 is 33.1 Å². The Labute approximate surface area is 444 Å². The SMILES string of the molecule is CC(C)(C)c1ccc(-c2nc3ccc(C(F)(F)F)cc3nc2-c2cc(-c3nc4cc(C(F)(F)F)ccc4nc3-c3ccc(C(C)(C)C)cc3)cc(-c3nc4cc(C(F)(F)F)ccc4nc3-c3ccc(C(C)(C)C)cc3)c2)cc1. The third-order valence-corrected chi connectivity index (χ3v) is 13.8. The van der Waals surface area contributed by atoms with Gasteiger partial charge in [0.05, 0.1) is 84.0 Å². The van der Waals surface area contributed by atoms with Crippen LogP contribution in [0.3, 0.4) is 0 Å². The number of hydrogen-bond acceptors (Lipinski definition) is 6. The van der Waals surface area contributed by atoms with Gasteiger partial charge in [0.25, 0.3) is 0 Å². The molecule has 0 saturated carbocycles. The third kappa shape index (κ3) is 10.7. The highest BCUT2D eigenvalue weighted by molar-refractivity contribution is 5.95. The minimum Gasteiger partial charge on any atom is -0.244 e. The van der Waals surface area contributed by atoms with Gasteiger partial charge in [-0.25, -0.2) is 29.9 Å². The first-order valence-corrected chi connectivity index (χ1v) is 25.0. The molecule has 396 valence electrons. The largest absolute Gasteiger partial charge is 0.416 e. The topological polar surface area (TPSA) is 77.3 Å². The van der Waals surface area contributed by atoms with Crippen molar-refractivity contribution in [3.63, 3.8) is 0 Å². The number of nitrogens with zero attached hydrogens (tertiary/aromatic N) is 6. The van der Waals surface area contributed by atoms with Crippen molar-refractivity contribution in [2.24, 2.45) is 0 Å². The lowest BCUT2D eigenvalue weighted by Gasteiger charge is -2.20. The van der Waals surface area contributed by atoms with E-state index in [0.717, 1.165) is 53.1 Å². The minimum atomic E-state index is -4.74. The van der Waals surface area contributed by atoms with Crippen molar-refractivity contribution in [3.05, 3.63) is 179 Å². The Morgan fingerprint density at radius 2 is 0.410 bits per heavy atom. The van der Waals surface area contributed by atoms with Crippen LogP contribution in [0.4, 0.5) is 39.5 Å². The van der Waals surface area contributed by atoms with Gasteiger partial charge in [0.2, 0.25) is 0 Å². The summed E-state index contributed by atoms with van der Waals surface area (Å²) in [6.07, 6.45) is -14.2. The van der Waals surface area contributed by atoms with E-state index in [0.29, 0.717) is 16.7 Å². The highest BCUT2D eigenvalue weighted by atomic mass is 19.4. The maximum atomic E-state index is 14.4. The van der Waals surface area contributed by atoms with E-state index in [4.69, 9.17) is 29.9 Å². The van der Waals surface area contributed by atoms with E-state index in [9.17, 15) is 39.5 Å². The fraction of sp³-hybridized carbons (Fsp3) is 0.238. The predicted molar refractivity (Wildman–Crippen MR) is 289 cm³/mol. The second-order valence-corrected chi connectivity index (χ2v) is 22.6. The fourth-order valence-electron chi connectivity index (χ4n) is 9.32. The second kappa shape index (κ2) is 18.8. The van der Waals surface area contributed by atoms with Crippen LogP contribution in [0.25, 0.3) is 101 Å². The molecule has 0 radical (unpaired) electrons. The normalized spacial score (nSPS) is 13.0. The molecule has 0 aliphatic heterocycles. The molecule has 3 heterocycles. The summed E-state index contributed by atoms with van der Waals surface area (Å²) in [5.41, 5.74) is 2.90. The molecule has 15 heteroatoms. The Morgan fingerprint density at radius 1 is 0.218 bits per heavy atom. The Morgan fingerprint density at radius 3 is 0.615 bits per heavy atom. The van der Waals surface area contributed by atoms with Crippen LogP contribution in [-0.2, 0) is 34.8 Å². The van der Waals surface area contributed by atoms with Gasteiger partial charge in [0, 0.05) is 33.4 Å². The lowest BCUT2D eigenvalue weighted by Crippen LogP contribution is -2.10. The number of fused-ring (bicyclic) bond motifs is 3. The molecule has 0 amide bonds. The Balaban J connectivity index is 1.35. The maximum absolute atomic E-state index is 14.4. The van der Waals surface area contributed by atoms with Gasteiger partial charge in [-0.1, -0.05) is 135 Å². The first-order chi connectivity index (χ1) is 36.4. The molecule has 10 aromatic rings. The van der Waals surface area contributed by atoms with Crippen molar-refractivity contribution in [3.8, 4) is 67.5 Å². The van der Waals surface area contributed by atoms with Crippen LogP contribution in [0.1, 0.15) is 95.7 Å². The van der Waals surface area contributed by atoms with E-state index < -0.39 is 35.2 Å². The molecule has 0 N–H and O–H groups in total. The van der Waals surface area contributed by atoms with Crippen LogP contribution in [-0.4, -0.2) is 29.9 Å². The standard InChI is InChI=1S/C63H51F9N6/c1-58(2,3)40-16-10-34(11-17-40)52-55(76-49-31-43(61(64,65)66)22-25-46(49)73-52)37-28-38(56-53(35-12-18-41(19-13-35)59(4,5)6)74-47-26-23-44(62(67,68)69)32-50(47)77-56)30-39(29-37)57-54(36-14-20-42(21-15-36)60(7,8)9)75-48-27-24-45(63(70,71)72)33-51(48)78-57/h10-33H,1-9H3. The molecule has 7 aromatic carbocycles. The predicted octanol–water partition coefficient (Wildman–Crippen LogP) is 18.5. The number of hydrogen-bond donors (Lipinski definition) is 0. The average Bonchev–Trinajstić information content (AvgIpc) is 3.49. The van der Waals surface area contributed by atoms with Crippen molar-refractivity contribution in [2.75, 3.05) is 0 Å². The molecule has 78 heavy (non-hydrogen) atoms. The van der Waals surface area contributed by atoms with Gasteiger partial charge < -0.3 is 0 Å². The summed E-state index contributed by atoms with van der Waals surface area (Å²) in [5, 5.41) is 0. The second-order valence-electron chi connectivity index (χ2n) is 22.6. The monoisotopic (exact) mass is 1060 g/mol. The molecule has 0 aliphatic rings. The molecular formula is C63H51F9N6. The van der Waals surface area contributed by atoms with Crippen LogP contribution >= 0.6 is 0 Å². The third-order valence-electron chi connectivity index (χ3n) is 13.8. The zero-order valence-corrected chi connectivity index (χ0v) is 43.9.